The van der Waals surface area contributed by atoms with E-state index >= 15 is 0 Å². The van der Waals surface area contributed by atoms with E-state index in [0.717, 1.165) is 12.1 Å². The minimum atomic E-state index is -0.978. The van der Waals surface area contributed by atoms with E-state index in [9.17, 15) is 13.2 Å². The van der Waals surface area contributed by atoms with Crippen LogP contribution in [0.4, 0.5) is 13.2 Å². The molecule has 0 saturated carbocycles. The van der Waals surface area contributed by atoms with Gasteiger partial charge in [0.1, 0.15) is 17.5 Å². The van der Waals surface area contributed by atoms with E-state index in [1.54, 1.807) is 6.92 Å². The van der Waals surface area contributed by atoms with Crippen molar-refractivity contribution in [3.63, 3.8) is 0 Å². The maximum Gasteiger partial charge on any atom is 0.132 e. The summed E-state index contributed by atoms with van der Waals surface area (Å²) in [6.07, 6.45) is 0. The molecule has 1 atom stereocenters. The Morgan fingerprint density at radius 2 is 1.63 bits per heavy atom. The van der Waals surface area contributed by atoms with E-state index in [4.69, 9.17) is 5.73 Å². The second kappa shape index (κ2) is 5.35. The molecule has 0 aromatic heterocycles. The first-order valence-corrected chi connectivity index (χ1v) is 6.35. The molecule has 2 aromatic rings. The first kappa shape index (κ1) is 14.1. The van der Waals surface area contributed by atoms with E-state index in [-0.39, 0.29) is 5.56 Å². The van der Waals surface area contributed by atoms with Crippen molar-refractivity contribution in [2.24, 2.45) is 5.73 Å². The van der Waals surface area contributed by atoms with Crippen molar-refractivity contribution in [3.8, 4) is 0 Å². The summed E-state index contributed by atoms with van der Waals surface area (Å²) < 4.78 is 41.0. The minimum absolute atomic E-state index is 0.224. The third kappa shape index (κ3) is 2.82. The molecule has 1 unspecified atom stereocenters. The first-order chi connectivity index (χ1) is 8.90. The van der Waals surface area contributed by atoms with Crippen molar-refractivity contribution >= 4 is 15.9 Å². The zero-order valence-electron chi connectivity index (χ0n) is 10.1. The van der Waals surface area contributed by atoms with E-state index in [2.05, 4.69) is 15.9 Å². The van der Waals surface area contributed by atoms with Crippen LogP contribution in [0.15, 0.2) is 34.8 Å². The van der Waals surface area contributed by atoms with E-state index < -0.39 is 23.5 Å². The van der Waals surface area contributed by atoms with Gasteiger partial charge in [-0.3, -0.25) is 0 Å². The SMILES string of the molecule is Cc1cc(F)ccc1C(N)c1c(F)cc(Br)cc1F. The zero-order valence-corrected chi connectivity index (χ0v) is 11.6. The number of nitrogens with two attached hydrogens (primary N) is 1. The fourth-order valence-corrected chi connectivity index (χ4v) is 2.40. The summed E-state index contributed by atoms with van der Waals surface area (Å²) in [7, 11) is 0. The van der Waals surface area contributed by atoms with E-state index in [0.29, 0.717) is 15.6 Å². The molecule has 0 heterocycles. The fourth-order valence-electron chi connectivity index (χ4n) is 1.99. The lowest BCUT2D eigenvalue weighted by atomic mass is 9.95. The zero-order chi connectivity index (χ0) is 14.2. The first-order valence-electron chi connectivity index (χ1n) is 5.56. The van der Waals surface area contributed by atoms with Gasteiger partial charge in [-0.25, -0.2) is 13.2 Å². The van der Waals surface area contributed by atoms with Gasteiger partial charge in [-0.05, 0) is 42.3 Å². The van der Waals surface area contributed by atoms with Gasteiger partial charge in [0.25, 0.3) is 0 Å². The molecule has 0 amide bonds. The molecule has 100 valence electrons. The van der Waals surface area contributed by atoms with E-state index in [1.807, 2.05) is 0 Å². The van der Waals surface area contributed by atoms with Crippen molar-refractivity contribution in [3.05, 3.63) is 68.9 Å². The van der Waals surface area contributed by atoms with Crippen LogP contribution < -0.4 is 5.73 Å². The summed E-state index contributed by atoms with van der Waals surface area (Å²) >= 11 is 3.01. The van der Waals surface area contributed by atoms with Crippen LogP contribution in [0.5, 0.6) is 0 Å². The Morgan fingerprint density at radius 1 is 1.05 bits per heavy atom. The number of hydrogen-bond acceptors (Lipinski definition) is 1. The second-order valence-corrected chi connectivity index (χ2v) is 5.18. The van der Waals surface area contributed by atoms with E-state index in [1.165, 1.54) is 18.2 Å². The monoisotopic (exact) mass is 329 g/mol. The third-order valence-corrected chi connectivity index (χ3v) is 3.38. The molecule has 1 nitrogen and oxygen atoms in total. The number of hydrogen-bond donors (Lipinski definition) is 1. The Kier molecular flexibility index (Phi) is 3.96. The Morgan fingerprint density at radius 3 is 2.16 bits per heavy atom. The lowest BCUT2D eigenvalue weighted by Crippen LogP contribution is -2.17. The quantitative estimate of drug-likeness (QED) is 0.876. The Balaban J connectivity index is 2.53. The number of rotatable bonds is 2. The van der Waals surface area contributed by atoms with Crippen molar-refractivity contribution < 1.29 is 13.2 Å². The molecule has 0 aliphatic carbocycles. The average Bonchev–Trinajstić information content (AvgIpc) is 2.26. The summed E-state index contributed by atoms with van der Waals surface area (Å²) in [5.74, 6) is -1.88. The summed E-state index contributed by atoms with van der Waals surface area (Å²) in [6.45, 7) is 1.65. The molecule has 0 aliphatic rings. The van der Waals surface area contributed by atoms with Crippen molar-refractivity contribution in [1.82, 2.24) is 0 Å². The summed E-state index contributed by atoms with van der Waals surface area (Å²) in [4.78, 5) is 0. The molecule has 0 aliphatic heterocycles. The predicted octanol–water partition coefficient (Wildman–Crippen LogP) is 4.22. The van der Waals surface area contributed by atoms with Gasteiger partial charge >= 0.3 is 0 Å². The van der Waals surface area contributed by atoms with Crippen LogP contribution in [0.3, 0.4) is 0 Å². The Labute approximate surface area is 117 Å². The maximum atomic E-state index is 13.8. The minimum Gasteiger partial charge on any atom is -0.320 e. The highest BCUT2D eigenvalue weighted by atomic mass is 79.9. The van der Waals surface area contributed by atoms with Gasteiger partial charge in [0.2, 0.25) is 0 Å². The predicted molar refractivity (Wildman–Crippen MR) is 71.2 cm³/mol. The second-order valence-electron chi connectivity index (χ2n) is 4.26. The van der Waals surface area contributed by atoms with Crippen LogP contribution in [-0.2, 0) is 0 Å². The summed E-state index contributed by atoms with van der Waals surface area (Å²) in [6, 6.07) is 5.26. The highest BCUT2D eigenvalue weighted by Gasteiger charge is 2.20. The van der Waals surface area contributed by atoms with Crippen LogP contribution >= 0.6 is 15.9 Å². The average molecular weight is 330 g/mol. The van der Waals surface area contributed by atoms with Gasteiger partial charge in [-0.2, -0.15) is 0 Å². The lowest BCUT2D eigenvalue weighted by molar-refractivity contribution is 0.541. The third-order valence-electron chi connectivity index (χ3n) is 2.92. The van der Waals surface area contributed by atoms with Gasteiger partial charge in [0.05, 0.1) is 6.04 Å². The molecule has 19 heavy (non-hydrogen) atoms. The van der Waals surface area contributed by atoms with Gasteiger partial charge in [0.15, 0.2) is 0 Å². The number of halogens is 4. The van der Waals surface area contributed by atoms with Crippen LogP contribution in [-0.4, -0.2) is 0 Å². The van der Waals surface area contributed by atoms with Gasteiger partial charge < -0.3 is 5.73 Å². The molecule has 0 radical (unpaired) electrons. The Bertz CT molecular complexity index is 605. The molecule has 0 spiro atoms. The van der Waals surface area contributed by atoms with Crippen molar-refractivity contribution in [2.75, 3.05) is 0 Å². The molecule has 2 aromatic carbocycles. The maximum absolute atomic E-state index is 13.8. The normalized spacial score (nSPS) is 12.5. The lowest BCUT2D eigenvalue weighted by Gasteiger charge is -2.17. The van der Waals surface area contributed by atoms with Crippen LogP contribution in [0.1, 0.15) is 22.7 Å². The van der Waals surface area contributed by atoms with Crippen LogP contribution in [0.2, 0.25) is 0 Å². The topological polar surface area (TPSA) is 26.0 Å². The largest absolute Gasteiger partial charge is 0.320 e. The molecule has 2 rings (SSSR count). The van der Waals surface area contributed by atoms with Crippen molar-refractivity contribution in [2.45, 2.75) is 13.0 Å². The van der Waals surface area contributed by atoms with Crippen LogP contribution in [0.25, 0.3) is 0 Å². The fraction of sp³-hybridized carbons (Fsp3) is 0.143. The molecule has 5 heteroatoms. The number of aryl methyl sites for hydroxylation is 1. The molecular formula is C14H11BrF3N. The Hall–Kier alpha value is -1.33. The summed E-state index contributed by atoms with van der Waals surface area (Å²) in [5.41, 5.74) is 6.71. The van der Waals surface area contributed by atoms with Crippen LogP contribution in [0, 0.1) is 24.4 Å². The smallest absolute Gasteiger partial charge is 0.132 e. The van der Waals surface area contributed by atoms with Gasteiger partial charge in [-0.1, -0.05) is 22.0 Å². The van der Waals surface area contributed by atoms with Crippen molar-refractivity contribution in [1.29, 1.82) is 0 Å². The van der Waals surface area contributed by atoms with Gasteiger partial charge in [0, 0.05) is 10.0 Å². The molecule has 0 bridgehead atoms. The summed E-state index contributed by atoms with van der Waals surface area (Å²) in [5, 5.41) is 0. The number of benzene rings is 2. The highest BCUT2D eigenvalue weighted by molar-refractivity contribution is 9.10. The standard InChI is InChI=1S/C14H11BrF3N/c1-7-4-9(16)2-3-10(7)14(19)13-11(17)5-8(15)6-12(13)18/h2-6,14H,19H2,1H3. The molecule has 2 N–H and O–H groups in total. The molecular weight excluding hydrogens is 319 g/mol. The van der Waals surface area contributed by atoms with Gasteiger partial charge in [-0.15, -0.1) is 0 Å². The highest BCUT2D eigenvalue weighted by Crippen LogP contribution is 2.29. The molecule has 0 fully saturated rings. The molecule has 0 saturated heterocycles.